The van der Waals surface area contributed by atoms with Gasteiger partial charge in [0.25, 0.3) is 0 Å². The van der Waals surface area contributed by atoms with Crippen LogP contribution in [0.1, 0.15) is 12.0 Å². The molecule has 1 aliphatic rings. The topological polar surface area (TPSA) is 35.2 Å². The third-order valence-electron chi connectivity index (χ3n) is 2.82. The van der Waals surface area contributed by atoms with Gasteiger partial charge in [0.2, 0.25) is 0 Å². The molecule has 1 aliphatic heterocycles. The second kappa shape index (κ2) is 3.67. The van der Waals surface area contributed by atoms with Crippen molar-refractivity contribution >= 4 is 0 Å². The van der Waals surface area contributed by atoms with Gasteiger partial charge in [0, 0.05) is 5.41 Å². The molecule has 0 amide bonds. The van der Waals surface area contributed by atoms with Crippen LogP contribution in [0.2, 0.25) is 0 Å². The van der Waals surface area contributed by atoms with Crippen LogP contribution in [-0.4, -0.2) is 19.8 Å². The van der Waals surface area contributed by atoms with E-state index in [9.17, 15) is 4.39 Å². The van der Waals surface area contributed by atoms with E-state index in [-0.39, 0.29) is 11.2 Å². The van der Waals surface area contributed by atoms with Gasteiger partial charge in [0.05, 0.1) is 13.2 Å². The van der Waals surface area contributed by atoms with Crippen LogP contribution in [0.3, 0.4) is 0 Å². The summed E-state index contributed by atoms with van der Waals surface area (Å²) in [4.78, 5) is 0. The lowest BCUT2D eigenvalue weighted by Crippen LogP contribution is -2.48. The van der Waals surface area contributed by atoms with Crippen molar-refractivity contribution in [1.82, 2.24) is 0 Å². The van der Waals surface area contributed by atoms with Crippen molar-refractivity contribution in [3.8, 4) is 0 Å². The van der Waals surface area contributed by atoms with Gasteiger partial charge in [-0.05, 0) is 24.6 Å². The lowest BCUT2D eigenvalue weighted by atomic mass is 9.75. The normalized spacial score (nSPS) is 19.0. The first-order valence-corrected chi connectivity index (χ1v) is 4.81. The Bertz CT molecular complexity index is 323. The van der Waals surface area contributed by atoms with Gasteiger partial charge < -0.3 is 10.5 Å². The number of hydrogen-bond donors (Lipinski definition) is 1. The third kappa shape index (κ3) is 1.42. The zero-order valence-corrected chi connectivity index (χ0v) is 8.00. The molecule has 0 saturated carbocycles. The minimum atomic E-state index is -0.167. The largest absolute Gasteiger partial charge is 0.379 e. The average Bonchev–Trinajstić information content (AvgIpc) is 2.13. The summed E-state index contributed by atoms with van der Waals surface area (Å²) in [5.74, 6) is -0.149. The van der Waals surface area contributed by atoms with Gasteiger partial charge in [-0.1, -0.05) is 18.2 Å². The lowest BCUT2D eigenvalue weighted by Gasteiger charge is -2.42. The molecule has 0 bridgehead atoms. The number of benzene rings is 1. The van der Waals surface area contributed by atoms with Crippen molar-refractivity contribution in [2.75, 3.05) is 19.8 Å². The Hall–Kier alpha value is -0.930. The highest BCUT2D eigenvalue weighted by atomic mass is 19.1. The summed E-state index contributed by atoms with van der Waals surface area (Å²) in [6.07, 6.45) is 0.786. The molecule has 2 N–H and O–H groups in total. The summed E-state index contributed by atoms with van der Waals surface area (Å²) < 4.78 is 18.7. The number of nitrogens with two attached hydrogens (primary N) is 1. The summed E-state index contributed by atoms with van der Waals surface area (Å²) in [6.45, 7) is 1.74. The minimum absolute atomic E-state index is 0.149. The zero-order chi connectivity index (χ0) is 10.0. The predicted molar refractivity (Wildman–Crippen MR) is 52.6 cm³/mol. The summed E-state index contributed by atoms with van der Waals surface area (Å²) in [6, 6.07) is 6.88. The van der Waals surface area contributed by atoms with Gasteiger partial charge in [-0.15, -0.1) is 0 Å². The molecule has 1 heterocycles. The third-order valence-corrected chi connectivity index (χ3v) is 2.82. The number of halogens is 1. The molecule has 14 heavy (non-hydrogen) atoms. The fraction of sp³-hybridized carbons (Fsp3) is 0.455. The predicted octanol–water partition coefficient (Wildman–Crippen LogP) is 1.44. The van der Waals surface area contributed by atoms with Gasteiger partial charge >= 0.3 is 0 Å². The minimum Gasteiger partial charge on any atom is -0.379 e. The number of hydrogen-bond acceptors (Lipinski definition) is 2. The van der Waals surface area contributed by atoms with E-state index in [1.165, 1.54) is 6.07 Å². The molecule has 1 saturated heterocycles. The van der Waals surface area contributed by atoms with E-state index in [0.29, 0.717) is 19.8 Å². The van der Waals surface area contributed by atoms with Crippen LogP contribution in [0.15, 0.2) is 24.3 Å². The molecule has 1 fully saturated rings. The van der Waals surface area contributed by atoms with Gasteiger partial charge in [-0.3, -0.25) is 0 Å². The first kappa shape index (κ1) is 9.62. The standard InChI is InChI=1S/C11H14FNO/c12-10-4-2-1-3-9(10)11(5-6-13)7-14-8-11/h1-4H,5-8,13H2. The number of ether oxygens (including phenoxy) is 1. The molecule has 1 aromatic rings. The highest BCUT2D eigenvalue weighted by molar-refractivity contribution is 5.29. The van der Waals surface area contributed by atoms with Crippen molar-refractivity contribution in [3.05, 3.63) is 35.6 Å². The Labute approximate surface area is 82.9 Å². The second-order valence-corrected chi connectivity index (χ2v) is 3.79. The van der Waals surface area contributed by atoms with Crippen LogP contribution >= 0.6 is 0 Å². The lowest BCUT2D eigenvalue weighted by molar-refractivity contribution is -0.0646. The molecule has 0 aliphatic carbocycles. The zero-order valence-electron chi connectivity index (χ0n) is 8.00. The van der Waals surface area contributed by atoms with Gasteiger partial charge in [-0.25, -0.2) is 4.39 Å². The van der Waals surface area contributed by atoms with Crippen LogP contribution in [0.25, 0.3) is 0 Å². The second-order valence-electron chi connectivity index (χ2n) is 3.79. The first-order chi connectivity index (χ1) is 6.78. The maximum atomic E-state index is 13.5. The van der Waals surface area contributed by atoms with Gasteiger partial charge in [0.15, 0.2) is 0 Å². The molecule has 0 aromatic heterocycles. The average molecular weight is 195 g/mol. The van der Waals surface area contributed by atoms with E-state index in [4.69, 9.17) is 10.5 Å². The molecule has 3 heteroatoms. The summed E-state index contributed by atoms with van der Waals surface area (Å²) in [5.41, 5.74) is 6.11. The van der Waals surface area contributed by atoms with E-state index in [0.717, 1.165) is 12.0 Å². The molecule has 0 radical (unpaired) electrons. The van der Waals surface area contributed by atoms with Crippen LogP contribution in [0.5, 0.6) is 0 Å². The fourth-order valence-electron chi connectivity index (χ4n) is 1.95. The van der Waals surface area contributed by atoms with E-state index in [1.54, 1.807) is 6.07 Å². The van der Waals surface area contributed by atoms with E-state index < -0.39 is 0 Å². The monoisotopic (exact) mass is 195 g/mol. The van der Waals surface area contributed by atoms with Crippen LogP contribution in [0.4, 0.5) is 4.39 Å². The Kier molecular flexibility index (Phi) is 2.52. The molecule has 76 valence electrons. The van der Waals surface area contributed by atoms with Crippen LogP contribution < -0.4 is 5.73 Å². The Balaban J connectivity index is 2.32. The van der Waals surface area contributed by atoms with Crippen molar-refractivity contribution < 1.29 is 9.13 Å². The van der Waals surface area contributed by atoms with Crippen molar-refractivity contribution in [3.63, 3.8) is 0 Å². The molecule has 1 aromatic carbocycles. The van der Waals surface area contributed by atoms with Crippen molar-refractivity contribution in [2.24, 2.45) is 5.73 Å². The SMILES string of the molecule is NCCC1(c2ccccc2F)COC1. The van der Waals surface area contributed by atoms with Crippen LogP contribution in [0, 0.1) is 5.82 Å². The molecule has 2 nitrogen and oxygen atoms in total. The molecule has 0 atom stereocenters. The van der Waals surface area contributed by atoms with E-state index in [1.807, 2.05) is 12.1 Å². The fourth-order valence-corrected chi connectivity index (χ4v) is 1.95. The maximum Gasteiger partial charge on any atom is 0.127 e. The molecular weight excluding hydrogens is 181 g/mol. The van der Waals surface area contributed by atoms with Gasteiger partial charge in [-0.2, -0.15) is 0 Å². The number of rotatable bonds is 3. The smallest absolute Gasteiger partial charge is 0.127 e. The quantitative estimate of drug-likeness (QED) is 0.792. The highest BCUT2D eigenvalue weighted by Crippen LogP contribution is 2.36. The van der Waals surface area contributed by atoms with Gasteiger partial charge in [0.1, 0.15) is 5.82 Å². The Morgan fingerprint density at radius 2 is 2.07 bits per heavy atom. The van der Waals surface area contributed by atoms with E-state index in [2.05, 4.69) is 0 Å². The Morgan fingerprint density at radius 1 is 1.36 bits per heavy atom. The highest BCUT2D eigenvalue weighted by Gasteiger charge is 2.41. The van der Waals surface area contributed by atoms with Crippen molar-refractivity contribution in [2.45, 2.75) is 11.8 Å². The Morgan fingerprint density at radius 3 is 2.57 bits per heavy atom. The summed E-state index contributed by atoms with van der Waals surface area (Å²) in [5, 5.41) is 0. The molecular formula is C11H14FNO. The first-order valence-electron chi connectivity index (χ1n) is 4.81. The van der Waals surface area contributed by atoms with E-state index >= 15 is 0 Å². The van der Waals surface area contributed by atoms with Crippen LogP contribution in [-0.2, 0) is 10.2 Å². The molecule has 2 rings (SSSR count). The summed E-state index contributed by atoms with van der Waals surface area (Å²) >= 11 is 0. The molecule has 0 spiro atoms. The molecule has 0 unspecified atom stereocenters. The van der Waals surface area contributed by atoms with Crippen molar-refractivity contribution in [1.29, 1.82) is 0 Å². The maximum absolute atomic E-state index is 13.5. The summed E-state index contributed by atoms with van der Waals surface area (Å²) in [7, 11) is 0.